The van der Waals surface area contributed by atoms with Crippen molar-refractivity contribution >= 4 is 0 Å². The molecule has 0 bridgehead atoms. The van der Waals surface area contributed by atoms with Crippen molar-refractivity contribution in [1.82, 2.24) is 0 Å². The second-order valence-corrected chi connectivity index (χ2v) is 8.99. The summed E-state index contributed by atoms with van der Waals surface area (Å²) in [5.74, 6) is 0. The molecule has 1 rings (SSSR count). The van der Waals surface area contributed by atoms with Crippen molar-refractivity contribution in [2.24, 2.45) is 0 Å². The third-order valence-electron chi connectivity index (χ3n) is 5.87. The molecule has 0 aromatic heterocycles. The van der Waals surface area contributed by atoms with E-state index < -0.39 is 0 Å². The van der Waals surface area contributed by atoms with Crippen LogP contribution in [0.3, 0.4) is 0 Å². The highest BCUT2D eigenvalue weighted by molar-refractivity contribution is 5.13. The molecule has 2 heteroatoms. The van der Waals surface area contributed by atoms with Gasteiger partial charge in [-0.1, -0.05) is 134 Å². The summed E-state index contributed by atoms with van der Waals surface area (Å²) in [6.07, 6.45) is 22.7. The molecule has 2 nitrogen and oxygen atoms in total. The van der Waals surface area contributed by atoms with Crippen LogP contribution < -0.4 is 0 Å². The van der Waals surface area contributed by atoms with E-state index in [9.17, 15) is 0 Å². The highest BCUT2D eigenvalue weighted by Crippen LogP contribution is 2.13. The van der Waals surface area contributed by atoms with Gasteiger partial charge < -0.3 is 9.47 Å². The molecule has 0 unspecified atom stereocenters. The molecule has 174 valence electrons. The summed E-state index contributed by atoms with van der Waals surface area (Å²) in [6, 6.07) is 10.3. The summed E-state index contributed by atoms with van der Waals surface area (Å²) >= 11 is 0. The molecule has 1 aromatic rings. The Morgan fingerprint density at radius 1 is 0.633 bits per heavy atom. The van der Waals surface area contributed by atoms with Crippen molar-refractivity contribution in [2.45, 2.75) is 129 Å². The summed E-state index contributed by atoms with van der Waals surface area (Å²) in [6.45, 7) is 6.63. The molecule has 0 heterocycles. The molecule has 30 heavy (non-hydrogen) atoms. The van der Waals surface area contributed by atoms with Gasteiger partial charge in [-0.2, -0.15) is 0 Å². The van der Waals surface area contributed by atoms with Crippen molar-refractivity contribution in [3.8, 4) is 0 Å². The highest BCUT2D eigenvalue weighted by Gasteiger charge is 2.03. The van der Waals surface area contributed by atoms with Crippen LogP contribution in [-0.4, -0.2) is 19.3 Å². The van der Waals surface area contributed by atoms with Crippen LogP contribution in [0.25, 0.3) is 0 Å². The van der Waals surface area contributed by atoms with Gasteiger partial charge >= 0.3 is 0 Å². The molecule has 1 aromatic carbocycles. The molecule has 0 aliphatic rings. The van der Waals surface area contributed by atoms with Gasteiger partial charge in [0.2, 0.25) is 0 Å². The first-order chi connectivity index (χ1) is 14.8. The fourth-order valence-electron chi connectivity index (χ4n) is 3.86. The Labute approximate surface area is 188 Å². The number of hydrogen-bond acceptors (Lipinski definition) is 2. The molecule has 0 saturated heterocycles. The van der Waals surface area contributed by atoms with E-state index in [1.165, 1.54) is 108 Å². The van der Waals surface area contributed by atoms with Crippen molar-refractivity contribution in [3.05, 3.63) is 35.9 Å². The lowest BCUT2D eigenvalue weighted by molar-refractivity contribution is -0.0155. The normalized spacial score (nSPS) is 12.3. The van der Waals surface area contributed by atoms with E-state index in [1.807, 2.05) is 6.07 Å². The lowest BCUT2D eigenvalue weighted by Crippen LogP contribution is -2.16. The number of benzene rings is 1. The second kappa shape index (κ2) is 21.4. The van der Waals surface area contributed by atoms with E-state index in [0.29, 0.717) is 13.2 Å². The molecule has 0 spiro atoms. The van der Waals surface area contributed by atoms with Gasteiger partial charge in [0.05, 0.1) is 19.3 Å². The quantitative estimate of drug-likeness (QED) is 0.175. The predicted octanol–water partition coefficient (Wildman–Crippen LogP) is 8.87. The third kappa shape index (κ3) is 18.0. The Kier molecular flexibility index (Phi) is 19.4. The van der Waals surface area contributed by atoms with E-state index in [0.717, 1.165) is 6.61 Å². The van der Waals surface area contributed by atoms with Gasteiger partial charge in [-0.3, -0.25) is 0 Å². The van der Waals surface area contributed by atoms with Crippen LogP contribution in [0.4, 0.5) is 0 Å². The Morgan fingerprint density at radius 2 is 1.10 bits per heavy atom. The average molecular weight is 419 g/mol. The van der Waals surface area contributed by atoms with Gasteiger partial charge in [0.25, 0.3) is 0 Å². The van der Waals surface area contributed by atoms with Crippen LogP contribution in [0.2, 0.25) is 0 Å². The van der Waals surface area contributed by atoms with Gasteiger partial charge in [0, 0.05) is 6.61 Å². The smallest absolute Gasteiger partial charge is 0.0785 e. The fourth-order valence-corrected chi connectivity index (χ4v) is 3.86. The molecule has 0 aliphatic carbocycles. The predicted molar refractivity (Wildman–Crippen MR) is 131 cm³/mol. The zero-order chi connectivity index (χ0) is 21.5. The van der Waals surface area contributed by atoms with E-state index >= 15 is 0 Å². The lowest BCUT2D eigenvalue weighted by Gasteiger charge is -2.13. The van der Waals surface area contributed by atoms with Crippen LogP contribution in [-0.2, 0) is 16.1 Å². The van der Waals surface area contributed by atoms with Gasteiger partial charge in [0.15, 0.2) is 0 Å². The van der Waals surface area contributed by atoms with Crippen molar-refractivity contribution < 1.29 is 9.47 Å². The minimum atomic E-state index is 0.159. The number of hydrogen-bond donors (Lipinski definition) is 0. The molecule has 0 saturated carbocycles. The summed E-state index contributed by atoms with van der Waals surface area (Å²) in [5.41, 5.74) is 1.22. The first kappa shape index (κ1) is 27.2. The zero-order valence-corrected chi connectivity index (χ0v) is 20.2. The summed E-state index contributed by atoms with van der Waals surface area (Å²) < 4.78 is 11.6. The minimum Gasteiger partial charge on any atom is -0.379 e. The van der Waals surface area contributed by atoms with Gasteiger partial charge in [-0.05, 0) is 18.9 Å². The minimum absolute atomic E-state index is 0.159. The monoisotopic (exact) mass is 418 g/mol. The molecule has 0 amide bonds. The highest BCUT2D eigenvalue weighted by atomic mass is 16.5. The van der Waals surface area contributed by atoms with Gasteiger partial charge in [0.1, 0.15) is 0 Å². The maximum Gasteiger partial charge on any atom is 0.0785 e. The largest absolute Gasteiger partial charge is 0.379 e. The molecule has 0 N–H and O–H groups in total. The SMILES string of the molecule is CCCCCCCCCCCCCCCCCCOC[C@@H](C)OCc1ccccc1. The third-order valence-corrected chi connectivity index (χ3v) is 5.87. The molecular weight excluding hydrogens is 368 g/mol. The molecule has 0 fully saturated rings. The first-order valence-corrected chi connectivity index (χ1v) is 13.1. The van der Waals surface area contributed by atoms with Crippen LogP contribution in [0.5, 0.6) is 0 Å². The van der Waals surface area contributed by atoms with E-state index in [2.05, 4.69) is 38.1 Å². The maximum absolute atomic E-state index is 5.84. The number of unbranched alkanes of at least 4 members (excludes halogenated alkanes) is 15. The summed E-state index contributed by atoms with van der Waals surface area (Å²) in [7, 11) is 0. The maximum atomic E-state index is 5.84. The van der Waals surface area contributed by atoms with Gasteiger partial charge in [-0.15, -0.1) is 0 Å². The van der Waals surface area contributed by atoms with Crippen LogP contribution in [0.1, 0.15) is 122 Å². The number of rotatable bonds is 22. The summed E-state index contributed by atoms with van der Waals surface area (Å²) in [5, 5.41) is 0. The van der Waals surface area contributed by atoms with Crippen molar-refractivity contribution in [3.63, 3.8) is 0 Å². The Morgan fingerprint density at radius 3 is 1.60 bits per heavy atom. The van der Waals surface area contributed by atoms with Crippen molar-refractivity contribution in [1.29, 1.82) is 0 Å². The Balaban J connectivity index is 1.72. The van der Waals surface area contributed by atoms with E-state index in [4.69, 9.17) is 9.47 Å². The first-order valence-electron chi connectivity index (χ1n) is 13.1. The molecule has 0 aliphatic heterocycles. The van der Waals surface area contributed by atoms with Crippen LogP contribution in [0, 0.1) is 0 Å². The van der Waals surface area contributed by atoms with Crippen molar-refractivity contribution in [2.75, 3.05) is 13.2 Å². The zero-order valence-electron chi connectivity index (χ0n) is 20.2. The molecule has 0 radical (unpaired) electrons. The van der Waals surface area contributed by atoms with Crippen LogP contribution in [0.15, 0.2) is 30.3 Å². The molecule has 1 atom stereocenters. The number of ether oxygens (including phenoxy) is 2. The van der Waals surface area contributed by atoms with E-state index in [1.54, 1.807) is 0 Å². The Hall–Kier alpha value is -0.860. The van der Waals surface area contributed by atoms with E-state index in [-0.39, 0.29) is 6.10 Å². The average Bonchev–Trinajstić information content (AvgIpc) is 2.77. The topological polar surface area (TPSA) is 18.5 Å². The Bertz CT molecular complexity index is 445. The van der Waals surface area contributed by atoms with Gasteiger partial charge in [-0.25, -0.2) is 0 Å². The lowest BCUT2D eigenvalue weighted by atomic mass is 10.0. The second-order valence-electron chi connectivity index (χ2n) is 8.99. The van der Waals surface area contributed by atoms with Crippen LogP contribution >= 0.6 is 0 Å². The summed E-state index contributed by atoms with van der Waals surface area (Å²) in [4.78, 5) is 0. The fraction of sp³-hybridized carbons (Fsp3) is 0.786. The molecular formula is C28H50O2. The standard InChI is InChI=1S/C28H50O2/c1-3-4-5-6-7-8-9-10-11-12-13-14-15-16-17-21-24-29-25-27(2)30-26-28-22-19-18-20-23-28/h18-20,22-23,27H,3-17,21,24-26H2,1-2H3/t27-/m1/s1.